The van der Waals surface area contributed by atoms with Crippen molar-refractivity contribution in [1.82, 2.24) is 4.90 Å². The topological polar surface area (TPSA) is 27.0 Å². The Morgan fingerprint density at radius 1 is 1.21 bits per heavy atom. The van der Waals surface area contributed by atoms with Crippen LogP contribution in [0.1, 0.15) is 43.7 Å². The average Bonchev–Trinajstić information content (AvgIpc) is 2.47. The lowest BCUT2D eigenvalue weighted by Gasteiger charge is -2.28. The molecule has 0 bridgehead atoms. The third kappa shape index (κ3) is 4.22. The lowest BCUT2D eigenvalue weighted by molar-refractivity contribution is 0.253. The molecule has 1 fully saturated rings. The maximum Gasteiger partial charge on any atom is 0.0991 e. The molecule has 2 nitrogen and oxygen atoms in total. The number of unbranched alkanes of at least 4 members (excludes halogenated alkanes) is 1. The minimum absolute atomic E-state index is 0.733. The van der Waals surface area contributed by atoms with Gasteiger partial charge in [0.2, 0.25) is 0 Å². The number of hydrogen-bond acceptors (Lipinski definition) is 2. The molecule has 0 unspecified atom stereocenters. The van der Waals surface area contributed by atoms with Crippen LogP contribution in [-0.4, -0.2) is 24.5 Å². The van der Waals surface area contributed by atoms with Crippen molar-refractivity contribution in [3.8, 4) is 6.07 Å². The molecule has 1 saturated heterocycles. The molecule has 1 aliphatic rings. The number of nitrogens with zero attached hydrogens (tertiary/aromatic N) is 2. The third-order valence-electron chi connectivity index (χ3n) is 3.74. The van der Waals surface area contributed by atoms with Crippen LogP contribution in [0.4, 0.5) is 0 Å². The fourth-order valence-corrected chi connectivity index (χ4v) is 2.48. The second kappa shape index (κ2) is 7.11. The van der Waals surface area contributed by atoms with Gasteiger partial charge in [0.25, 0.3) is 0 Å². The molecule has 1 aromatic carbocycles. The van der Waals surface area contributed by atoms with Crippen LogP contribution in [0.15, 0.2) is 29.8 Å². The molecule has 1 heterocycles. The molecule has 0 aromatic heterocycles. The average molecular weight is 254 g/mol. The van der Waals surface area contributed by atoms with Crippen LogP contribution < -0.4 is 0 Å². The van der Waals surface area contributed by atoms with Crippen molar-refractivity contribution in [2.45, 2.75) is 32.6 Å². The molecule has 1 aromatic rings. The van der Waals surface area contributed by atoms with E-state index in [0.29, 0.717) is 0 Å². The van der Waals surface area contributed by atoms with E-state index in [2.05, 4.69) is 24.0 Å². The molecule has 0 aliphatic carbocycles. The summed E-state index contributed by atoms with van der Waals surface area (Å²) in [5.74, 6) is 0. The summed E-state index contributed by atoms with van der Waals surface area (Å²) in [6.07, 6.45) is 7.25. The monoisotopic (exact) mass is 254 g/mol. The Labute approximate surface area is 116 Å². The smallest absolute Gasteiger partial charge is 0.0991 e. The Bertz CT molecular complexity index is 455. The van der Waals surface area contributed by atoms with E-state index in [1.54, 1.807) is 0 Å². The maximum atomic E-state index is 8.78. The fourth-order valence-electron chi connectivity index (χ4n) is 2.48. The number of benzene rings is 1. The summed E-state index contributed by atoms with van der Waals surface area (Å²) in [5.41, 5.74) is 3.49. The van der Waals surface area contributed by atoms with Crippen molar-refractivity contribution in [3.05, 3.63) is 41.0 Å². The molecule has 0 N–H and O–H groups in total. The molecule has 100 valence electrons. The number of likely N-dealkylation sites (tertiary alicyclic amines) is 1. The van der Waals surface area contributed by atoms with Crippen molar-refractivity contribution >= 4 is 6.08 Å². The third-order valence-corrected chi connectivity index (χ3v) is 3.74. The zero-order chi connectivity index (χ0) is 13.5. The van der Waals surface area contributed by atoms with E-state index in [1.165, 1.54) is 56.5 Å². The van der Waals surface area contributed by atoms with Gasteiger partial charge in [-0.25, -0.2) is 0 Å². The largest absolute Gasteiger partial charge is 0.303 e. The van der Waals surface area contributed by atoms with E-state index in [9.17, 15) is 0 Å². The van der Waals surface area contributed by atoms with Crippen LogP contribution in [-0.2, 0) is 0 Å². The van der Waals surface area contributed by atoms with Crippen molar-refractivity contribution in [3.63, 3.8) is 0 Å². The molecule has 0 spiro atoms. The Morgan fingerprint density at radius 3 is 2.47 bits per heavy atom. The molecular formula is C17H22N2. The van der Waals surface area contributed by atoms with Crippen LogP contribution in [0.3, 0.4) is 0 Å². The molecule has 0 radical (unpaired) electrons. The first-order chi connectivity index (χ1) is 9.31. The highest BCUT2D eigenvalue weighted by Crippen LogP contribution is 2.19. The van der Waals surface area contributed by atoms with E-state index < -0.39 is 0 Å². The molecule has 0 saturated carbocycles. The normalized spacial score (nSPS) is 16.1. The van der Waals surface area contributed by atoms with Gasteiger partial charge in [-0.3, -0.25) is 0 Å². The first-order valence-corrected chi connectivity index (χ1v) is 7.24. The van der Waals surface area contributed by atoms with E-state index in [-0.39, 0.29) is 0 Å². The minimum Gasteiger partial charge on any atom is -0.303 e. The summed E-state index contributed by atoms with van der Waals surface area (Å²) >= 11 is 0. The molecule has 19 heavy (non-hydrogen) atoms. The van der Waals surface area contributed by atoms with Gasteiger partial charge < -0.3 is 4.90 Å². The summed E-state index contributed by atoms with van der Waals surface area (Å²) in [5, 5.41) is 8.78. The van der Waals surface area contributed by atoms with Crippen LogP contribution in [0.5, 0.6) is 0 Å². The van der Waals surface area contributed by atoms with Crippen molar-refractivity contribution in [1.29, 1.82) is 5.26 Å². The zero-order valence-electron chi connectivity index (χ0n) is 11.7. The molecule has 0 atom stereocenters. The summed E-state index contributed by atoms with van der Waals surface area (Å²) in [7, 11) is 0. The standard InChI is InChI=1S/C17H22N2/c1-2-3-10-19-11-8-16(9-12-19)13-15-4-6-17(14-18)7-5-15/h4-7,13H,2-3,8-12H2,1H3. The second-order valence-electron chi connectivity index (χ2n) is 5.23. The van der Waals surface area contributed by atoms with E-state index in [1.807, 2.05) is 24.3 Å². The quantitative estimate of drug-likeness (QED) is 0.816. The Kier molecular flexibility index (Phi) is 5.18. The van der Waals surface area contributed by atoms with Gasteiger partial charge in [-0.2, -0.15) is 5.26 Å². The predicted molar refractivity (Wildman–Crippen MR) is 79.7 cm³/mol. The molecular weight excluding hydrogens is 232 g/mol. The van der Waals surface area contributed by atoms with Gasteiger partial charge in [0.05, 0.1) is 11.6 Å². The number of rotatable bonds is 4. The van der Waals surface area contributed by atoms with Gasteiger partial charge in [-0.15, -0.1) is 0 Å². The molecule has 2 heteroatoms. The van der Waals surface area contributed by atoms with E-state index >= 15 is 0 Å². The Morgan fingerprint density at radius 2 is 1.89 bits per heavy atom. The molecule has 2 rings (SSSR count). The minimum atomic E-state index is 0.733. The van der Waals surface area contributed by atoms with Gasteiger partial charge in [-0.05, 0) is 43.5 Å². The van der Waals surface area contributed by atoms with Crippen molar-refractivity contribution in [2.24, 2.45) is 0 Å². The second-order valence-corrected chi connectivity index (χ2v) is 5.23. The van der Waals surface area contributed by atoms with Crippen molar-refractivity contribution < 1.29 is 0 Å². The first-order valence-electron chi connectivity index (χ1n) is 7.24. The lowest BCUT2D eigenvalue weighted by atomic mass is 10.0. The van der Waals surface area contributed by atoms with Gasteiger partial charge in [0.15, 0.2) is 0 Å². The van der Waals surface area contributed by atoms with Gasteiger partial charge in [-0.1, -0.05) is 37.1 Å². The summed E-state index contributed by atoms with van der Waals surface area (Å²) in [6.45, 7) is 5.89. The maximum absolute atomic E-state index is 8.78. The lowest BCUT2D eigenvalue weighted by Crippen LogP contribution is -2.31. The predicted octanol–water partition coefficient (Wildman–Crippen LogP) is 3.84. The Balaban J connectivity index is 1.89. The van der Waals surface area contributed by atoms with E-state index in [0.717, 1.165) is 5.56 Å². The SMILES string of the molecule is CCCCN1CCC(=Cc2ccc(C#N)cc2)CC1. The van der Waals surface area contributed by atoms with Gasteiger partial charge in [0.1, 0.15) is 0 Å². The molecule has 0 amide bonds. The van der Waals surface area contributed by atoms with Crippen LogP contribution >= 0.6 is 0 Å². The van der Waals surface area contributed by atoms with Crippen LogP contribution in [0, 0.1) is 11.3 Å². The summed E-state index contributed by atoms with van der Waals surface area (Å²) in [6, 6.07) is 10.0. The molecule has 1 aliphatic heterocycles. The highest BCUT2D eigenvalue weighted by atomic mass is 15.1. The van der Waals surface area contributed by atoms with Crippen LogP contribution in [0.25, 0.3) is 6.08 Å². The Hall–Kier alpha value is -1.59. The zero-order valence-corrected chi connectivity index (χ0v) is 11.7. The summed E-state index contributed by atoms with van der Waals surface area (Å²) < 4.78 is 0. The highest BCUT2D eigenvalue weighted by molar-refractivity contribution is 5.54. The number of piperidine rings is 1. The highest BCUT2D eigenvalue weighted by Gasteiger charge is 2.12. The fraction of sp³-hybridized carbons (Fsp3) is 0.471. The number of hydrogen-bond donors (Lipinski definition) is 0. The van der Waals surface area contributed by atoms with Gasteiger partial charge >= 0.3 is 0 Å². The van der Waals surface area contributed by atoms with Crippen molar-refractivity contribution in [2.75, 3.05) is 19.6 Å². The van der Waals surface area contributed by atoms with Crippen LogP contribution in [0.2, 0.25) is 0 Å². The first kappa shape index (κ1) is 13.8. The summed E-state index contributed by atoms with van der Waals surface area (Å²) in [4.78, 5) is 2.57. The number of nitriles is 1. The van der Waals surface area contributed by atoms with Gasteiger partial charge in [0, 0.05) is 13.1 Å². The van der Waals surface area contributed by atoms with E-state index in [4.69, 9.17) is 5.26 Å².